The van der Waals surface area contributed by atoms with E-state index in [0.29, 0.717) is 18.7 Å². The quantitative estimate of drug-likeness (QED) is 0.853. The summed E-state index contributed by atoms with van der Waals surface area (Å²) in [5, 5.41) is 2.91. The zero-order valence-corrected chi connectivity index (χ0v) is 17.2. The fourth-order valence-corrected chi connectivity index (χ4v) is 3.06. The molecule has 0 aliphatic rings. The molecule has 0 saturated heterocycles. The second-order valence-electron chi connectivity index (χ2n) is 8.04. The van der Waals surface area contributed by atoms with Gasteiger partial charge in [-0.05, 0) is 48.6 Å². The first-order valence-electron chi connectivity index (χ1n) is 9.33. The highest BCUT2D eigenvalue weighted by Crippen LogP contribution is 2.22. The fourth-order valence-electron chi connectivity index (χ4n) is 3.06. The molecule has 0 saturated carbocycles. The van der Waals surface area contributed by atoms with Crippen LogP contribution in [0, 0.1) is 13.8 Å². The van der Waals surface area contributed by atoms with E-state index in [1.165, 1.54) is 5.56 Å². The molecule has 27 heavy (non-hydrogen) atoms. The number of carbonyl (C=O) groups excluding carboxylic acids is 2. The van der Waals surface area contributed by atoms with Crippen LogP contribution in [0.5, 0.6) is 0 Å². The summed E-state index contributed by atoms with van der Waals surface area (Å²) in [5.41, 5.74) is 4.97. The summed E-state index contributed by atoms with van der Waals surface area (Å²) < 4.78 is 0. The molecular formula is C23H30N2O2. The van der Waals surface area contributed by atoms with Gasteiger partial charge in [-0.1, -0.05) is 50.6 Å². The van der Waals surface area contributed by atoms with Gasteiger partial charge in [-0.3, -0.25) is 9.59 Å². The normalized spacial score (nSPS) is 11.2. The van der Waals surface area contributed by atoms with E-state index in [-0.39, 0.29) is 17.2 Å². The van der Waals surface area contributed by atoms with Crippen molar-refractivity contribution in [2.24, 2.45) is 0 Å². The molecule has 2 aromatic carbocycles. The Hall–Kier alpha value is -2.62. The molecule has 0 aliphatic heterocycles. The first-order chi connectivity index (χ1) is 12.6. The van der Waals surface area contributed by atoms with E-state index in [0.717, 1.165) is 16.8 Å². The largest absolute Gasteiger partial charge is 0.350 e. The van der Waals surface area contributed by atoms with Gasteiger partial charge < -0.3 is 10.2 Å². The smallest absolute Gasteiger partial charge is 0.251 e. The van der Waals surface area contributed by atoms with Gasteiger partial charge in [-0.25, -0.2) is 0 Å². The van der Waals surface area contributed by atoms with Gasteiger partial charge in [0.2, 0.25) is 5.91 Å². The van der Waals surface area contributed by atoms with Gasteiger partial charge in [0.1, 0.15) is 0 Å². The van der Waals surface area contributed by atoms with Crippen LogP contribution < -0.4 is 10.2 Å². The summed E-state index contributed by atoms with van der Waals surface area (Å²) in [7, 11) is 0. The van der Waals surface area contributed by atoms with Crippen molar-refractivity contribution in [1.82, 2.24) is 5.32 Å². The molecule has 0 fully saturated rings. The van der Waals surface area contributed by atoms with Crippen molar-refractivity contribution in [2.45, 2.75) is 47.0 Å². The molecule has 0 bridgehead atoms. The van der Waals surface area contributed by atoms with E-state index in [1.807, 2.05) is 50.2 Å². The summed E-state index contributed by atoms with van der Waals surface area (Å²) in [6.45, 7) is 12.8. The molecule has 1 N–H and O–H groups in total. The van der Waals surface area contributed by atoms with Crippen molar-refractivity contribution < 1.29 is 9.59 Å². The number of aryl methyl sites for hydroxylation is 2. The van der Waals surface area contributed by atoms with Crippen LogP contribution in [0.25, 0.3) is 0 Å². The van der Waals surface area contributed by atoms with Gasteiger partial charge in [-0.2, -0.15) is 0 Å². The average molecular weight is 367 g/mol. The highest BCUT2D eigenvalue weighted by molar-refractivity contribution is 5.95. The minimum Gasteiger partial charge on any atom is -0.350 e. The fraction of sp³-hybridized carbons (Fsp3) is 0.391. The van der Waals surface area contributed by atoms with Gasteiger partial charge in [0.25, 0.3) is 5.91 Å². The second kappa shape index (κ2) is 8.38. The SMILES string of the molecule is CC(=O)N(CCNC(=O)c1ccc(C(C)(C)C)cc1)c1ccc(C)cc1C. The van der Waals surface area contributed by atoms with Crippen LogP contribution in [0.1, 0.15) is 54.7 Å². The molecule has 144 valence electrons. The van der Waals surface area contributed by atoms with Crippen LogP contribution in [0.15, 0.2) is 42.5 Å². The average Bonchev–Trinajstić information content (AvgIpc) is 2.58. The van der Waals surface area contributed by atoms with E-state index in [4.69, 9.17) is 0 Å². The van der Waals surface area contributed by atoms with E-state index in [9.17, 15) is 9.59 Å². The number of nitrogens with one attached hydrogen (secondary N) is 1. The predicted octanol–water partition coefficient (Wildman–Crippen LogP) is 4.38. The van der Waals surface area contributed by atoms with E-state index in [1.54, 1.807) is 11.8 Å². The molecule has 2 rings (SSSR count). The summed E-state index contributed by atoms with van der Waals surface area (Å²) in [4.78, 5) is 26.2. The van der Waals surface area contributed by atoms with Gasteiger partial charge >= 0.3 is 0 Å². The lowest BCUT2D eigenvalue weighted by atomic mass is 9.87. The minimum atomic E-state index is -0.125. The van der Waals surface area contributed by atoms with E-state index < -0.39 is 0 Å². The Kier molecular flexibility index (Phi) is 6.42. The van der Waals surface area contributed by atoms with Crippen LogP contribution in [-0.4, -0.2) is 24.9 Å². The first kappa shape index (κ1) is 20.7. The van der Waals surface area contributed by atoms with E-state index >= 15 is 0 Å². The number of anilines is 1. The minimum absolute atomic E-state index is 0.0364. The van der Waals surface area contributed by atoms with Crippen LogP contribution in [-0.2, 0) is 10.2 Å². The van der Waals surface area contributed by atoms with Crippen LogP contribution in [0.4, 0.5) is 5.69 Å². The number of benzene rings is 2. The molecule has 0 aromatic heterocycles. The first-order valence-corrected chi connectivity index (χ1v) is 9.33. The number of hydrogen-bond donors (Lipinski definition) is 1. The van der Waals surface area contributed by atoms with Gasteiger partial charge in [-0.15, -0.1) is 0 Å². The molecule has 4 nitrogen and oxygen atoms in total. The Labute approximate surface area is 162 Å². The number of nitrogens with zero attached hydrogens (tertiary/aromatic N) is 1. The predicted molar refractivity (Wildman–Crippen MR) is 111 cm³/mol. The molecule has 4 heteroatoms. The van der Waals surface area contributed by atoms with Crippen LogP contribution in [0.2, 0.25) is 0 Å². The van der Waals surface area contributed by atoms with Gasteiger partial charge in [0.15, 0.2) is 0 Å². The Morgan fingerprint density at radius 2 is 1.63 bits per heavy atom. The summed E-state index contributed by atoms with van der Waals surface area (Å²) in [6, 6.07) is 13.7. The lowest BCUT2D eigenvalue weighted by molar-refractivity contribution is -0.116. The molecule has 0 aliphatic carbocycles. The molecule has 0 radical (unpaired) electrons. The van der Waals surface area contributed by atoms with Crippen molar-refractivity contribution >= 4 is 17.5 Å². The monoisotopic (exact) mass is 366 g/mol. The molecule has 2 amide bonds. The zero-order chi connectivity index (χ0) is 20.2. The molecule has 0 unspecified atom stereocenters. The van der Waals surface area contributed by atoms with Crippen molar-refractivity contribution in [1.29, 1.82) is 0 Å². The standard InChI is InChI=1S/C23H30N2O2/c1-16-7-12-21(17(2)15-16)25(18(3)26)14-13-24-22(27)19-8-10-20(11-9-19)23(4,5)6/h7-12,15H,13-14H2,1-6H3,(H,24,27). The Morgan fingerprint density at radius 3 is 2.15 bits per heavy atom. The second-order valence-corrected chi connectivity index (χ2v) is 8.04. The van der Waals surface area contributed by atoms with Crippen molar-refractivity contribution in [3.63, 3.8) is 0 Å². The molecule has 2 aromatic rings. The summed E-state index contributed by atoms with van der Waals surface area (Å²) in [6.07, 6.45) is 0. The highest BCUT2D eigenvalue weighted by Gasteiger charge is 2.16. The van der Waals surface area contributed by atoms with Crippen molar-refractivity contribution in [3.05, 3.63) is 64.7 Å². The molecule has 0 spiro atoms. The summed E-state index contributed by atoms with van der Waals surface area (Å²) >= 11 is 0. The third-order valence-corrected chi connectivity index (χ3v) is 4.66. The lowest BCUT2D eigenvalue weighted by Gasteiger charge is -2.23. The maximum Gasteiger partial charge on any atom is 0.251 e. The Bertz CT molecular complexity index is 817. The number of hydrogen-bond acceptors (Lipinski definition) is 2. The van der Waals surface area contributed by atoms with Crippen LogP contribution >= 0.6 is 0 Å². The van der Waals surface area contributed by atoms with Crippen molar-refractivity contribution in [3.8, 4) is 0 Å². The maximum absolute atomic E-state index is 12.4. The Balaban J connectivity index is 2.00. The zero-order valence-electron chi connectivity index (χ0n) is 17.2. The van der Waals surface area contributed by atoms with Crippen LogP contribution in [0.3, 0.4) is 0 Å². The lowest BCUT2D eigenvalue weighted by Crippen LogP contribution is -2.38. The molecule has 0 atom stereocenters. The summed E-state index contributed by atoms with van der Waals surface area (Å²) in [5.74, 6) is -0.162. The molecular weight excluding hydrogens is 336 g/mol. The maximum atomic E-state index is 12.4. The highest BCUT2D eigenvalue weighted by atomic mass is 16.2. The number of amides is 2. The molecule has 0 heterocycles. The van der Waals surface area contributed by atoms with Gasteiger partial charge in [0, 0.05) is 31.3 Å². The number of carbonyl (C=O) groups is 2. The van der Waals surface area contributed by atoms with Crippen molar-refractivity contribution in [2.75, 3.05) is 18.0 Å². The Morgan fingerprint density at radius 1 is 1.00 bits per heavy atom. The van der Waals surface area contributed by atoms with Gasteiger partial charge in [0.05, 0.1) is 0 Å². The van der Waals surface area contributed by atoms with E-state index in [2.05, 4.69) is 32.2 Å². The topological polar surface area (TPSA) is 49.4 Å². The number of rotatable bonds is 5. The third-order valence-electron chi connectivity index (χ3n) is 4.66. The third kappa shape index (κ3) is 5.43.